The van der Waals surface area contributed by atoms with Gasteiger partial charge in [-0.1, -0.05) is 24.3 Å². The predicted molar refractivity (Wildman–Crippen MR) is 42.3 cm³/mol. The van der Waals surface area contributed by atoms with E-state index < -0.39 is 10.8 Å². The number of rotatable bonds is 0. The van der Waals surface area contributed by atoms with Gasteiger partial charge in [0.2, 0.25) is 0 Å². The van der Waals surface area contributed by atoms with E-state index in [0.29, 0.717) is 0 Å². The number of ketones is 2. The van der Waals surface area contributed by atoms with Crippen molar-refractivity contribution in [3.8, 4) is 0 Å². The van der Waals surface area contributed by atoms with Crippen LogP contribution in [0.1, 0.15) is 0 Å². The Morgan fingerprint density at radius 3 is 1.33 bits per heavy atom. The lowest BCUT2D eigenvalue weighted by Gasteiger charge is -2.55. The Morgan fingerprint density at radius 2 is 1.08 bits per heavy atom. The molecule has 0 saturated heterocycles. The minimum Gasteiger partial charge on any atom is -0.293 e. The zero-order valence-electron chi connectivity index (χ0n) is 6.28. The molecule has 3 aliphatic rings. The highest BCUT2D eigenvalue weighted by atomic mass is 16.1. The molecule has 12 heavy (non-hydrogen) atoms. The van der Waals surface area contributed by atoms with Gasteiger partial charge in [0.25, 0.3) is 0 Å². The average Bonchev–Trinajstić information content (AvgIpc) is 2.03. The average molecular weight is 158 g/mol. The quantitative estimate of drug-likeness (QED) is 0.489. The second kappa shape index (κ2) is 1.38. The maximum Gasteiger partial charge on any atom is 0.171 e. The van der Waals surface area contributed by atoms with E-state index in [0.717, 1.165) is 0 Å². The number of hydrogen-bond acceptors (Lipinski definition) is 2. The van der Waals surface area contributed by atoms with Crippen LogP contribution in [0.2, 0.25) is 0 Å². The van der Waals surface area contributed by atoms with E-state index in [-0.39, 0.29) is 11.6 Å². The number of hydrogen-bond donors (Lipinski definition) is 0. The molecule has 0 aromatic carbocycles. The molecule has 0 aromatic heterocycles. The highest BCUT2D eigenvalue weighted by molar-refractivity contribution is 6.18. The van der Waals surface area contributed by atoms with E-state index in [4.69, 9.17) is 0 Å². The lowest BCUT2D eigenvalue weighted by molar-refractivity contribution is -0.136. The van der Waals surface area contributed by atoms with Gasteiger partial charge in [0.1, 0.15) is 0 Å². The van der Waals surface area contributed by atoms with Gasteiger partial charge >= 0.3 is 0 Å². The standard InChI is InChI=1S/C10H6O2/c11-7-1-2-8(12)10-5-3-9(7,10)4-6-10/h1-6H. The van der Waals surface area contributed by atoms with Crippen molar-refractivity contribution in [3.05, 3.63) is 36.5 Å². The summed E-state index contributed by atoms with van der Waals surface area (Å²) in [5.74, 6) is 0.0687. The molecule has 0 unspecified atom stereocenters. The first-order valence-corrected chi connectivity index (χ1v) is 3.89. The second-order valence-corrected chi connectivity index (χ2v) is 3.47. The molecule has 0 bridgehead atoms. The molecule has 0 radical (unpaired) electrons. The molecular weight excluding hydrogens is 152 g/mol. The Balaban J connectivity index is 2.31. The molecule has 3 aliphatic carbocycles. The summed E-state index contributed by atoms with van der Waals surface area (Å²) >= 11 is 0. The third kappa shape index (κ3) is 0.329. The largest absolute Gasteiger partial charge is 0.293 e. The topological polar surface area (TPSA) is 34.1 Å². The third-order valence-electron chi connectivity index (χ3n) is 3.10. The zero-order valence-corrected chi connectivity index (χ0v) is 6.28. The van der Waals surface area contributed by atoms with Crippen LogP contribution in [0.15, 0.2) is 36.5 Å². The van der Waals surface area contributed by atoms with Crippen molar-refractivity contribution in [1.29, 1.82) is 0 Å². The van der Waals surface area contributed by atoms with Gasteiger partial charge in [-0.2, -0.15) is 0 Å². The summed E-state index contributed by atoms with van der Waals surface area (Å²) in [7, 11) is 0. The van der Waals surface area contributed by atoms with Crippen LogP contribution in [0.25, 0.3) is 0 Å². The van der Waals surface area contributed by atoms with Gasteiger partial charge < -0.3 is 0 Å². The van der Waals surface area contributed by atoms with Crippen molar-refractivity contribution in [2.24, 2.45) is 10.8 Å². The molecule has 0 amide bonds. The predicted octanol–water partition coefficient (Wildman–Crippen LogP) is 0.807. The normalized spacial score (nSPS) is 46.3. The molecule has 2 heteroatoms. The summed E-state index contributed by atoms with van der Waals surface area (Å²) in [4.78, 5) is 22.9. The molecule has 0 spiro atoms. The van der Waals surface area contributed by atoms with E-state index in [1.807, 2.05) is 24.3 Å². The van der Waals surface area contributed by atoms with E-state index in [1.165, 1.54) is 12.2 Å². The van der Waals surface area contributed by atoms with E-state index in [9.17, 15) is 9.59 Å². The minimum atomic E-state index is -0.571. The van der Waals surface area contributed by atoms with Gasteiger partial charge in [-0.05, 0) is 12.2 Å². The van der Waals surface area contributed by atoms with Crippen LogP contribution >= 0.6 is 0 Å². The maximum atomic E-state index is 11.4. The highest BCUT2D eigenvalue weighted by Crippen LogP contribution is 2.62. The monoisotopic (exact) mass is 158 g/mol. The number of carbonyl (C=O) groups is 2. The van der Waals surface area contributed by atoms with Gasteiger partial charge in [0, 0.05) is 0 Å². The molecule has 0 aliphatic heterocycles. The van der Waals surface area contributed by atoms with Gasteiger partial charge in [0.05, 0.1) is 10.8 Å². The van der Waals surface area contributed by atoms with Crippen molar-refractivity contribution in [1.82, 2.24) is 0 Å². The summed E-state index contributed by atoms with van der Waals surface area (Å²) in [5.41, 5.74) is -1.14. The molecule has 2 nitrogen and oxygen atoms in total. The zero-order chi connectivity index (χ0) is 8.40. The molecule has 0 aromatic rings. The van der Waals surface area contributed by atoms with Crippen molar-refractivity contribution < 1.29 is 9.59 Å². The van der Waals surface area contributed by atoms with Crippen LogP contribution in [0.4, 0.5) is 0 Å². The number of carbonyl (C=O) groups excluding carboxylic acids is 2. The number of allylic oxidation sites excluding steroid dienone is 6. The van der Waals surface area contributed by atoms with Crippen molar-refractivity contribution >= 4 is 11.6 Å². The molecule has 0 saturated carbocycles. The Labute approximate surface area is 69.3 Å². The molecule has 0 N–H and O–H groups in total. The molecule has 58 valence electrons. The Bertz CT molecular complexity index is 346. The SMILES string of the molecule is O=C1C=CC(=O)C23C=CC12C=C3. The van der Waals surface area contributed by atoms with Crippen LogP contribution in [0.5, 0.6) is 0 Å². The van der Waals surface area contributed by atoms with Crippen LogP contribution in [0.3, 0.4) is 0 Å². The van der Waals surface area contributed by atoms with Crippen LogP contribution < -0.4 is 0 Å². The summed E-state index contributed by atoms with van der Waals surface area (Å²) in [6.45, 7) is 0. The van der Waals surface area contributed by atoms with Gasteiger partial charge in [0.15, 0.2) is 11.6 Å². The summed E-state index contributed by atoms with van der Waals surface area (Å²) < 4.78 is 0. The third-order valence-corrected chi connectivity index (χ3v) is 3.10. The summed E-state index contributed by atoms with van der Waals surface area (Å²) in [6, 6.07) is 0. The molecule has 3 rings (SSSR count). The molecule has 0 heterocycles. The fraction of sp³-hybridized carbons (Fsp3) is 0.200. The summed E-state index contributed by atoms with van der Waals surface area (Å²) in [6.07, 6.45) is 10.0. The maximum absolute atomic E-state index is 11.4. The van der Waals surface area contributed by atoms with Gasteiger partial charge in [-0.3, -0.25) is 9.59 Å². The molecular formula is C10H6O2. The molecule has 0 atom stereocenters. The first-order chi connectivity index (χ1) is 5.71. The summed E-state index contributed by atoms with van der Waals surface area (Å²) in [5, 5.41) is 0. The van der Waals surface area contributed by atoms with Crippen LogP contribution in [-0.2, 0) is 9.59 Å². The van der Waals surface area contributed by atoms with Crippen molar-refractivity contribution in [2.45, 2.75) is 0 Å². The van der Waals surface area contributed by atoms with Crippen molar-refractivity contribution in [3.63, 3.8) is 0 Å². The Kier molecular flexibility index (Phi) is 0.702. The van der Waals surface area contributed by atoms with Crippen LogP contribution in [-0.4, -0.2) is 11.6 Å². The first-order valence-electron chi connectivity index (χ1n) is 3.89. The lowest BCUT2D eigenvalue weighted by Crippen LogP contribution is -2.59. The van der Waals surface area contributed by atoms with Crippen LogP contribution in [0, 0.1) is 10.8 Å². The van der Waals surface area contributed by atoms with Gasteiger partial charge in [-0.15, -0.1) is 0 Å². The first kappa shape index (κ1) is 6.12. The molecule has 0 fully saturated rings. The Hall–Kier alpha value is -1.44. The fourth-order valence-electron chi connectivity index (χ4n) is 2.16. The van der Waals surface area contributed by atoms with E-state index >= 15 is 0 Å². The Morgan fingerprint density at radius 1 is 0.750 bits per heavy atom. The highest BCUT2D eigenvalue weighted by Gasteiger charge is 2.65. The van der Waals surface area contributed by atoms with Gasteiger partial charge in [-0.25, -0.2) is 0 Å². The minimum absolute atomic E-state index is 0.0344. The lowest BCUT2D eigenvalue weighted by atomic mass is 9.44. The van der Waals surface area contributed by atoms with E-state index in [2.05, 4.69) is 0 Å². The smallest absolute Gasteiger partial charge is 0.171 e. The second-order valence-electron chi connectivity index (χ2n) is 3.47. The van der Waals surface area contributed by atoms with Crippen molar-refractivity contribution in [2.75, 3.05) is 0 Å². The fourth-order valence-corrected chi connectivity index (χ4v) is 2.16. The van der Waals surface area contributed by atoms with E-state index in [1.54, 1.807) is 0 Å².